The molecule has 0 saturated carbocycles. The number of nitriles is 1. The molecule has 0 aliphatic carbocycles. The monoisotopic (exact) mass is 353 g/mol. The third-order valence-electron chi connectivity index (χ3n) is 3.48. The number of anilines is 2. The Morgan fingerprint density at radius 2 is 1.92 bits per heavy atom. The molecule has 7 nitrogen and oxygen atoms in total. The zero-order chi connectivity index (χ0) is 18.9. The topological polar surface area (TPSA) is 91.7 Å². The maximum Gasteiger partial charge on any atom is 0.419 e. The van der Waals surface area contributed by atoms with Crippen molar-refractivity contribution < 1.29 is 19.1 Å². The molecule has 0 spiro atoms. The molecule has 0 unspecified atom stereocenters. The largest absolute Gasteiger partial charge is 0.453 e. The van der Waals surface area contributed by atoms with Crippen LogP contribution in [0.1, 0.15) is 12.0 Å². The molecule has 7 heteroatoms. The molecule has 2 aromatic carbocycles. The van der Waals surface area contributed by atoms with Gasteiger partial charge in [0.1, 0.15) is 5.75 Å². The van der Waals surface area contributed by atoms with E-state index in [0.29, 0.717) is 11.4 Å². The molecule has 134 valence electrons. The number of carbonyl (C=O) groups excluding carboxylic acids is 2. The van der Waals surface area contributed by atoms with E-state index in [1.165, 1.54) is 18.1 Å². The molecule has 0 saturated heterocycles. The second-order valence-electron chi connectivity index (χ2n) is 5.41. The summed E-state index contributed by atoms with van der Waals surface area (Å²) >= 11 is 0. The Morgan fingerprint density at radius 1 is 1.19 bits per heavy atom. The number of nitrogens with one attached hydrogen (secondary N) is 1. The molecule has 2 aromatic rings. The first-order valence-corrected chi connectivity index (χ1v) is 7.91. The van der Waals surface area contributed by atoms with E-state index in [4.69, 9.17) is 10.00 Å². The maximum atomic E-state index is 12.6. The van der Waals surface area contributed by atoms with Crippen molar-refractivity contribution in [2.75, 3.05) is 23.9 Å². The van der Waals surface area contributed by atoms with Gasteiger partial charge in [-0.3, -0.25) is 10.2 Å². The number of rotatable bonds is 5. The van der Waals surface area contributed by atoms with Crippen LogP contribution in [0.3, 0.4) is 0 Å². The fourth-order valence-corrected chi connectivity index (χ4v) is 2.17. The number of carbonyl (C=O) groups is 2. The van der Waals surface area contributed by atoms with Gasteiger partial charge >= 0.3 is 12.2 Å². The summed E-state index contributed by atoms with van der Waals surface area (Å²) < 4.78 is 9.93. The van der Waals surface area contributed by atoms with Crippen LogP contribution >= 0.6 is 0 Å². The summed E-state index contributed by atoms with van der Waals surface area (Å²) in [6.07, 6.45) is -1.06. The van der Waals surface area contributed by atoms with Gasteiger partial charge in [-0.05, 0) is 31.2 Å². The summed E-state index contributed by atoms with van der Waals surface area (Å²) in [7, 11) is 1.26. The average molecular weight is 353 g/mol. The second-order valence-corrected chi connectivity index (χ2v) is 5.41. The molecule has 2 amide bonds. The molecule has 0 fully saturated rings. The van der Waals surface area contributed by atoms with Crippen LogP contribution in [0, 0.1) is 18.3 Å². The molecule has 0 atom stereocenters. The van der Waals surface area contributed by atoms with Gasteiger partial charge in [0.15, 0.2) is 0 Å². The van der Waals surface area contributed by atoms with Crippen molar-refractivity contribution in [1.29, 1.82) is 5.26 Å². The van der Waals surface area contributed by atoms with Crippen LogP contribution in [0.15, 0.2) is 48.5 Å². The van der Waals surface area contributed by atoms with Crippen LogP contribution in [-0.4, -0.2) is 25.8 Å². The van der Waals surface area contributed by atoms with Crippen LogP contribution in [0.2, 0.25) is 0 Å². The number of hydrogen-bond donors (Lipinski definition) is 1. The third kappa shape index (κ3) is 5.24. The minimum Gasteiger partial charge on any atom is -0.453 e. The van der Waals surface area contributed by atoms with E-state index in [2.05, 4.69) is 10.1 Å². The first kappa shape index (κ1) is 18.8. The van der Waals surface area contributed by atoms with Gasteiger partial charge in [0.25, 0.3) is 0 Å². The van der Waals surface area contributed by atoms with E-state index >= 15 is 0 Å². The SMILES string of the molecule is COC(=O)Nc1cccc(OC(=O)N(CCC#N)c2ccc(C)cc2)c1. The summed E-state index contributed by atoms with van der Waals surface area (Å²) in [4.78, 5) is 25.2. The quantitative estimate of drug-likeness (QED) is 0.874. The molecular formula is C19H19N3O4. The molecule has 26 heavy (non-hydrogen) atoms. The third-order valence-corrected chi connectivity index (χ3v) is 3.48. The molecule has 1 N–H and O–H groups in total. The molecule has 0 aliphatic heterocycles. The van der Waals surface area contributed by atoms with Gasteiger partial charge < -0.3 is 9.47 Å². The van der Waals surface area contributed by atoms with E-state index in [0.717, 1.165) is 5.56 Å². The van der Waals surface area contributed by atoms with E-state index in [-0.39, 0.29) is 18.7 Å². The smallest absolute Gasteiger partial charge is 0.419 e. The number of aryl methyl sites for hydroxylation is 1. The van der Waals surface area contributed by atoms with Crippen LogP contribution in [0.4, 0.5) is 21.0 Å². The second kappa shape index (κ2) is 9.08. The van der Waals surface area contributed by atoms with Crippen LogP contribution in [-0.2, 0) is 4.74 Å². The molecule has 2 rings (SSSR count). The Labute approximate surface area is 151 Å². The van der Waals surface area contributed by atoms with Gasteiger partial charge in [0.2, 0.25) is 0 Å². The van der Waals surface area contributed by atoms with Crippen molar-refractivity contribution in [3.05, 3.63) is 54.1 Å². The highest BCUT2D eigenvalue weighted by Crippen LogP contribution is 2.21. The summed E-state index contributed by atoms with van der Waals surface area (Å²) in [6.45, 7) is 2.15. The minimum atomic E-state index is -0.622. The average Bonchev–Trinajstić information content (AvgIpc) is 2.63. The lowest BCUT2D eigenvalue weighted by Crippen LogP contribution is -2.34. The molecule has 0 aliphatic rings. The van der Waals surface area contributed by atoms with Gasteiger partial charge in [-0.25, -0.2) is 9.59 Å². The standard InChI is InChI=1S/C19H19N3O4/c1-14-7-9-16(10-8-14)22(12-4-11-20)19(24)26-17-6-3-5-15(13-17)21-18(23)25-2/h3,5-10,13H,4,12H2,1-2H3,(H,21,23). The highest BCUT2D eigenvalue weighted by molar-refractivity contribution is 5.89. The van der Waals surface area contributed by atoms with Crippen LogP contribution < -0.4 is 15.0 Å². The van der Waals surface area contributed by atoms with Crippen molar-refractivity contribution in [3.8, 4) is 11.8 Å². The number of methoxy groups -OCH3 is 1. The Balaban J connectivity index is 2.16. The Kier molecular flexibility index (Phi) is 6.57. The van der Waals surface area contributed by atoms with Crippen molar-refractivity contribution >= 4 is 23.6 Å². The molecule has 0 radical (unpaired) electrons. The van der Waals surface area contributed by atoms with Crippen molar-refractivity contribution in [3.63, 3.8) is 0 Å². The minimum absolute atomic E-state index is 0.174. The summed E-state index contributed by atoms with van der Waals surface area (Å²) in [5, 5.41) is 11.3. The van der Waals surface area contributed by atoms with Gasteiger partial charge in [0.05, 0.1) is 19.6 Å². The summed E-state index contributed by atoms with van der Waals surface area (Å²) in [5.74, 6) is 0.262. The predicted octanol–water partition coefficient (Wildman–Crippen LogP) is 4.09. The van der Waals surface area contributed by atoms with Crippen molar-refractivity contribution in [2.24, 2.45) is 0 Å². The fourth-order valence-electron chi connectivity index (χ4n) is 2.17. The lowest BCUT2D eigenvalue weighted by molar-refractivity contribution is 0.187. The normalized spacial score (nSPS) is 9.73. The van der Waals surface area contributed by atoms with Crippen molar-refractivity contribution in [2.45, 2.75) is 13.3 Å². The lowest BCUT2D eigenvalue weighted by atomic mass is 10.2. The van der Waals surface area contributed by atoms with Crippen molar-refractivity contribution in [1.82, 2.24) is 0 Å². The van der Waals surface area contributed by atoms with Crippen LogP contribution in [0.5, 0.6) is 5.75 Å². The van der Waals surface area contributed by atoms with Crippen LogP contribution in [0.25, 0.3) is 0 Å². The summed E-state index contributed by atoms with van der Waals surface area (Å²) in [6, 6.07) is 15.8. The van der Waals surface area contributed by atoms with E-state index in [9.17, 15) is 9.59 Å². The molecule has 0 bridgehead atoms. The number of ether oxygens (including phenoxy) is 2. The van der Waals surface area contributed by atoms with Gasteiger partial charge in [-0.1, -0.05) is 23.8 Å². The molecular weight excluding hydrogens is 334 g/mol. The van der Waals surface area contributed by atoms with E-state index in [1.54, 1.807) is 30.3 Å². The van der Waals surface area contributed by atoms with E-state index < -0.39 is 12.2 Å². The Hall–Kier alpha value is -3.53. The Morgan fingerprint density at radius 3 is 2.58 bits per heavy atom. The predicted molar refractivity (Wildman–Crippen MR) is 97.2 cm³/mol. The number of benzene rings is 2. The molecule has 0 heterocycles. The summed E-state index contributed by atoms with van der Waals surface area (Å²) in [5.41, 5.74) is 2.13. The zero-order valence-corrected chi connectivity index (χ0v) is 14.6. The highest BCUT2D eigenvalue weighted by Gasteiger charge is 2.18. The van der Waals surface area contributed by atoms with Gasteiger partial charge in [-0.15, -0.1) is 0 Å². The first-order chi connectivity index (χ1) is 12.5. The molecule has 0 aromatic heterocycles. The fraction of sp³-hybridized carbons (Fsp3) is 0.211. The lowest BCUT2D eigenvalue weighted by Gasteiger charge is -2.21. The van der Waals surface area contributed by atoms with E-state index in [1.807, 2.05) is 25.1 Å². The van der Waals surface area contributed by atoms with Gasteiger partial charge in [-0.2, -0.15) is 5.26 Å². The maximum absolute atomic E-state index is 12.6. The number of amides is 2. The zero-order valence-electron chi connectivity index (χ0n) is 14.6. The Bertz CT molecular complexity index is 812. The highest BCUT2D eigenvalue weighted by atomic mass is 16.6. The number of nitrogens with zero attached hydrogens (tertiary/aromatic N) is 2. The first-order valence-electron chi connectivity index (χ1n) is 7.91. The number of hydrogen-bond acceptors (Lipinski definition) is 5. The van der Waals surface area contributed by atoms with Gasteiger partial charge in [0, 0.05) is 24.0 Å².